The van der Waals surface area contributed by atoms with E-state index in [0.29, 0.717) is 12.7 Å². The monoisotopic (exact) mass is 241 g/mol. The van der Waals surface area contributed by atoms with Crippen LogP contribution >= 0.6 is 0 Å². The highest BCUT2D eigenvalue weighted by atomic mass is 16.5. The van der Waals surface area contributed by atoms with Gasteiger partial charge < -0.3 is 15.2 Å². The normalized spacial score (nSPS) is 27.7. The van der Waals surface area contributed by atoms with Crippen molar-refractivity contribution in [2.45, 2.75) is 69.5 Å². The third-order valence-corrected chi connectivity index (χ3v) is 4.24. The van der Waals surface area contributed by atoms with E-state index in [1.165, 1.54) is 44.9 Å². The van der Waals surface area contributed by atoms with Crippen molar-refractivity contribution in [3.05, 3.63) is 0 Å². The van der Waals surface area contributed by atoms with E-state index in [9.17, 15) is 0 Å². The van der Waals surface area contributed by atoms with Crippen LogP contribution in [0.5, 0.6) is 0 Å². The van der Waals surface area contributed by atoms with Gasteiger partial charge in [0.05, 0.1) is 11.7 Å². The Labute approximate surface area is 105 Å². The maximum Gasteiger partial charge on any atom is 0.0708 e. The molecule has 1 spiro atoms. The van der Waals surface area contributed by atoms with Crippen molar-refractivity contribution in [1.29, 1.82) is 0 Å². The molecule has 2 aliphatic rings. The van der Waals surface area contributed by atoms with E-state index in [-0.39, 0.29) is 5.60 Å². The van der Waals surface area contributed by atoms with Crippen LogP contribution in [0.4, 0.5) is 0 Å². The molecule has 0 aromatic heterocycles. The van der Waals surface area contributed by atoms with Crippen LogP contribution in [-0.2, 0) is 4.74 Å². The molecule has 0 aromatic rings. The van der Waals surface area contributed by atoms with Crippen LogP contribution in [0.3, 0.4) is 0 Å². The summed E-state index contributed by atoms with van der Waals surface area (Å²) in [5.74, 6) is 0. The van der Waals surface area contributed by atoms with E-state index >= 15 is 0 Å². The second-order valence-corrected chi connectivity index (χ2v) is 5.66. The second kappa shape index (κ2) is 6.72. The standard InChI is InChI=1S/C14H27NO2/c16-11-5-4-10-15-12-13-6-9-14(17-13)7-2-1-3-8-14/h13,15-16H,1-12H2. The first-order valence-electron chi connectivity index (χ1n) is 7.34. The summed E-state index contributed by atoms with van der Waals surface area (Å²) in [7, 11) is 0. The van der Waals surface area contributed by atoms with Gasteiger partial charge in [-0.25, -0.2) is 0 Å². The Morgan fingerprint density at radius 2 is 1.94 bits per heavy atom. The molecule has 1 atom stereocenters. The van der Waals surface area contributed by atoms with E-state index in [0.717, 1.165) is 25.9 Å². The fourth-order valence-electron chi connectivity index (χ4n) is 3.23. The Bertz CT molecular complexity index is 214. The maximum atomic E-state index is 8.69. The van der Waals surface area contributed by atoms with Gasteiger partial charge in [0.1, 0.15) is 0 Å². The van der Waals surface area contributed by atoms with Crippen molar-refractivity contribution in [1.82, 2.24) is 5.32 Å². The highest BCUT2D eigenvalue weighted by molar-refractivity contribution is 4.91. The number of ether oxygens (including phenoxy) is 1. The minimum Gasteiger partial charge on any atom is -0.396 e. The first kappa shape index (κ1) is 13.3. The van der Waals surface area contributed by atoms with E-state index < -0.39 is 0 Å². The number of rotatable bonds is 6. The van der Waals surface area contributed by atoms with Crippen molar-refractivity contribution in [3.63, 3.8) is 0 Å². The summed E-state index contributed by atoms with van der Waals surface area (Å²) in [6, 6.07) is 0. The van der Waals surface area contributed by atoms with Crippen molar-refractivity contribution in [3.8, 4) is 0 Å². The molecular weight excluding hydrogens is 214 g/mol. The number of hydrogen-bond donors (Lipinski definition) is 2. The molecule has 1 unspecified atom stereocenters. The highest BCUT2D eigenvalue weighted by Gasteiger charge is 2.40. The number of hydrogen-bond acceptors (Lipinski definition) is 3. The average molecular weight is 241 g/mol. The number of aliphatic hydroxyl groups excluding tert-OH is 1. The molecule has 1 aliphatic heterocycles. The van der Waals surface area contributed by atoms with Gasteiger partial charge in [0.2, 0.25) is 0 Å². The predicted molar refractivity (Wildman–Crippen MR) is 69.1 cm³/mol. The van der Waals surface area contributed by atoms with Gasteiger partial charge in [-0.2, -0.15) is 0 Å². The predicted octanol–water partition coefficient (Wildman–Crippen LogP) is 2.23. The first-order valence-corrected chi connectivity index (χ1v) is 7.34. The van der Waals surface area contributed by atoms with Crippen LogP contribution < -0.4 is 5.32 Å². The smallest absolute Gasteiger partial charge is 0.0708 e. The second-order valence-electron chi connectivity index (χ2n) is 5.66. The Balaban J connectivity index is 1.60. The number of unbranched alkanes of at least 4 members (excludes halogenated alkanes) is 1. The van der Waals surface area contributed by atoms with Crippen LogP contribution in [0, 0.1) is 0 Å². The summed E-state index contributed by atoms with van der Waals surface area (Å²) < 4.78 is 6.28. The highest BCUT2D eigenvalue weighted by Crippen LogP contribution is 2.41. The van der Waals surface area contributed by atoms with E-state index in [2.05, 4.69) is 5.32 Å². The molecule has 3 heteroatoms. The lowest BCUT2D eigenvalue weighted by Gasteiger charge is -2.33. The topological polar surface area (TPSA) is 41.5 Å². The molecule has 1 saturated heterocycles. The van der Waals surface area contributed by atoms with Crippen molar-refractivity contribution in [2.75, 3.05) is 19.7 Å². The lowest BCUT2D eigenvalue weighted by atomic mass is 9.83. The summed E-state index contributed by atoms with van der Waals surface area (Å²) in [5.41, 5.74) is 0.260. The largest absolute Gasteiger partial charge is 0.396 e. The van der Waals surface area contributed by atoms with E-state index in [1.807, 2.05) is 0 Å². The van der Waals surface area contributed by atoms with Gasteiger partial charge in [-0.3, -0.25) is 0 Å². The summed E-state index contributed by atoms with van der Waals surface area (Å²) >= 11 is 0. The van der Waals surface area contributed by atoms with Crippen LogP contribution in [0.15, 0.2) is 0 Å². The van der Waals surface area contributed by atoms with Gasteiger partial charge in [-0.1, -0.05) is 19.3 Å². The lowest BCUT2D eigenvalue weighted by molar-refractivity contribution is -0.0623. The molecule has 1 saturated carbocycles. The van der Waals surface area contributed by atoms with Crippen LogP contribution in [0.25, 0.3) is 0 Å². The zero-order chi connectivity index (χ0) is 12.0. The molecule has 2 N–H and O–H groups in total. The Morgan fingerprint density at radius 3 is 2.71 bits per heavy atom. The molecule has 0 radical (unpaired) electrons. The van der Waals surface area contributed by atoms with Gasteiger partial charge in [-0.15, -0.1) is 0 Å². The molecule has 17 heavy (non-hydrogen) atoms. The average Bonchev–Trinajstić information content (AvgIpc) is 2.73. The first-order chi connectivity index (χ1) is 8.35. The van der Waals surface area contributed by atoms with Crippen molar-refractivity contribution >= 4 is 0 Å². The molecule has 1 heterocycles. The number of aliphatic hydroxyl groups is 1. The van der Waals surface area contributed by atoms with Crippen LogP contribution in [-0.4, -0.2) is 36.5 Å². The van der Waals surface area contributed by atoms with E-state index in [4.69, 9.17) is 9.84 Å². The summed E-state index contributed by atoms with van der Waals surface area (Å²) in [5, 5.41) is 12.1. The third kappa shape index (κ3) is 3.94. The fraction of sp³-hybridized carbons (Fsp3) is 1.00. The quantitative estimate of drug-likeness (QED) is 0.701. The molecule has 2 rings (SSSR count). The Kier molecular flexibility index (Phi) is 5.26. The summed E-state index contributed by atoms with van der Waals surface area (Å²) in [4.78, 5) is 0. The van der Waals surface area contributed by atoms with Gasteiger partial charge in [0, 0.05) is 13.2 Å². The minimum atomic E-state index is 0.260. The zero-order valence-corrected chi connectivity index (χ0v) is 10.9. The van der Waals surface area contributed by atoms with Gasteiger partial charge in [0.15, 0.2) is 0 Å². The molecule has 3 nitrogen and oxygen atoms in total. The molecule has 100 valence electrons. The number of nitrogens with one attached hydrogen (secondary N) is 1. The maximum absolute atomic E-state index is 8.69. The molecule has 1 aliphatic carbocycles. The van der Waals surface area contributed by atoms with Crippen molar-refractivity contribution < 1.29 is 9.84 Å². The third-order valence-electron chi connectivity index (χ3n) is 4.24. The molecule has 2 fully saturated rings. The van der Waals surface area contributed by atoms with E-state index in [1.54, 1.807) is 0 Å². The van der Waals surface area contributed by atoms with Gasteiger partial charge in [0.25, 0.3) is 0 Å². The lowest BCUT2D eigenvalue weighted by Crippen LogP contribution is -2.34. The van der Waals surface area contributed by atoms with Gasteiger partial charge >= 0.3 is 0 Å². The van der Waals surface area contributed by atoms with Gasteiger partial charge in [-0.05, 0) is 45.1 Å². The Morgan fingerprint density at radius 1 is 1.12 bits per heavy atom. The van der Waals surface area contributed by atoms with Crippen LogP contribution in [0.2, 0.25) is 0 Å². The summed E-state index contributed by atoms with van der Waals surface area (Å²) in [6.07, 6.45) is 11.6. The molecule has 0 bridgehead atoms. The van der Waals surface area contributed by atoms with Crippen molar-refractivity contribution in [2.24, 2.45) is 0 Å². The molecular formula is C14H27NO2. The minimum absolute atomic E-state index is 0.260. The fourth-order valence-corrected chi connectivity index (χ4v) is 3.23. The molecule has 0 amide bonds. The SMILES string of the molecule is OCCCCNCC1CCC2(CCCCC2)O1. The molecule has 0 aromatic carbocycles. The summed E-state index contributed by atoms with van der Waals surface area (Å²) in [6.45, 7) is 2.31. The van der Waals surface area contributed by atoms with Crippen LogP contribution in [0.1, 0.15) is 57.8 Å². The zero-order valence-electron chi connectivity index (χ0n) is 10.9. The Hall–Kier alpha value is -0.120.